The number of nitrogens with zero attached hydrogens (tertiary/aromatic N) is 5. The number of hydrogen-bond donors (Lipinski definition) is 1. The Hall–Kier alpha value is -2.25. The molecular formula is C18H25N5O2. The van der Waals surface area contributed by atoms with E-state index in [-0.39, 0.29) is 6.54 Å². The van der Waals surface area contributed by atoms with Crippen molar-refractivity contribution in [1.29, 1.82) is 0 Å². The summed E-state index contributed by atoms with van der Waals surface area (Å²) >= 11 is 0. The van der Waals surface area contributed by atoms with E-state index < -0.39 is 5.97 Å². The lowest BCUT2D eigenvalue weighted by Crippen LogP contribution is -2.36. The van der Waals surface area contributed by atoms with Crippen LogP contribution in [0.25, 0.3) is 5.69 Å². The number of carboxylic acids is 1. The number of likely N-dealkylation sites (tertiary alicyclic amines) is 1. The Morgan fingerprint density at radius 2 is 2.08 bits per heavy atom. The van der Waals surface area contributed by atoms with Gasteiger partial charge in [-0.15, -0.1) is 5.10 Å². The van der Waals surface area contributed by atoms with E-state index in [1.807, 2.05) is 48.5 Å². The van der Waals surface area contributed by atoms with Gasteiger partial charge >= 0.3 is 5.97 Å². The number of carbonyl (C=O) groups is 1. The van der Waals surface area contributed by atoms with E-state index in [0.717, 1.165) is 50.3 Å². The van der Waals surface area contributed by atoms with Crippen LogP contribution in [0.1, 0.15) is 25.0 Å². The minimum atomic E-state index is -0.763. The number of aliphatic carboxylic acids is 1. The largest absolute Gasteiger partial charge is 0.480 e. The minimum absolute atomic E-state index is 0.107. The van der Waals surface area contributed by atoms with Gasteiger partial charge in [0.25, 0.3) is 0 Å². The van der Waals surface area contributed by atoms with E-state index in [4.69, 9.17) is 5.11 Å². The Morgan fingerprint density at radius 3 is 2.84 bits per heavy atom. The summed E-state index contributed by atoms with van der Waals surface area (Å²) in [4.78, 5) is 15.2. The molecule has 2 heterocycles. The molecule has 7 nitrogen and oxygen atoms in total. The van der Waals surface area contributed by atoms with Crippen molar-refractivity contribution in [2.24, 2.45) is 0 Å². The van der Waals surface area contributed by atoms with Gasteiger partial charge in [0.05, 0.1) is 24.1 Å². The molecule has 3 rings (SSSR count). The van der Waals surface area contributed by atoms with Gasteiger partial charge in [-0.2, -0.15) is 0 Å². The zero-order valence-corrected chi connectivity index (χ0v) is 14.6. The summed E-state index contributed by atoms with van der Waals surface area (Å²) in [5.41, 5.74) is 1.97. The van der Waals surface area contributed by atoms with Gasteiger partial charge in [0, 0.05) is 19.1 Å². The van der Waals surface area contributed by atoms with Crippen LogP contribution in [0, 0.1) is 0 Å². The van der Waals surface area contributed by atoms with Crippen LogP contribution in [0.4, 0.5) is 0 Å². The average molecular weight is 343 g/mol. The highest BCUT2D eigenvalue weighted by molar-refractivity contribution is 5.69. The number of rotatable bonds is 6. The molecule has 0 radical (unpaired) electrons. The van der Waals surface area contributed by atoms with E-state index in [1.165, 1.54) is 0 Å². The third-order valence-corrected chi connectivity index (χ3v) is 4.75. The highest BCUT2D eigenvalue weighted by atomic mass is 16.4. The van der Waals surface area contributed by atoms with Crippen LogP contribution >= 0.6 is 0 Å². The zero-order chi connectivity index (χ0) is 17.6. The van der Waals surface area contributed by atoms with Crippen molar-refractivity contribution in [1.82, 2.24) is 24.8 Å². The predicted molar refractivity (Wildman–Crippen MR) is 94.5 cm³/mol. The van der Waals surface area contributed by atoms with Gasteiger partial charge in [0.2, 0.25) is 0 Å². The van der Waals surface area contributed by atoms with Crippen molar-refractivity contribution >= 4 is 5.97 Å². The fourth-order valence-electron chi connectivity index (χ4n) is 3.39. The van der Waals surface area contributed by atoms with Crippen molar-refractivity contribution < 1.29 is 9.90 Å². The molecule has 0 saturated carbocycles. The predicted octanol–water partition coefficient (Wildman–Crippen LogP) is 1.64. The second kappa shape index (κ2) is 8.22. The maximum atomic E-state index is 10.9. The molecule has 1 aromatic heterocycles. The molecule has 0 bridgehead atoms. The maximum absolute atomic E-state index is 10.9. The zero-order valence-electron chi connectivity index (χ0n) is 14.6. The highest BCUT2D eigenvalue weighted by Crippen LogP contribution is 2.17. The minimum Gasteiger partial charge on any atom is -0.480 e. The summed E-state index contributed by atoms with van der Waals surface area (Å²) < 4.78 is 1.80. The molecule has 1 aromatic carbocycles. The van der Waals surface area contributed by atoms with Crippen molar-refractivity contribution in [3.63, 3.8) is 0 Å². The topological polar surface area (TPSA) is 74.5 Å². The highest BCUT2D eigenvalue weighted by Gasteiger charge is 2.22. The van der Waals surface area contributed by atoms with E-state index in [2.05, 4.69) is 15.2 Å². The number of aromatic nitrogens is 3. The molecular weight excluding hydrogens is 318 g/mol. The summed E-state index contributed by atoms with van der Waals surface area (Å²) in [5, 5.41) is 17.5. The SMILES string of the molecule is CN(CC(=O)O)C1CCCN(Cc2cn(-c3ccccc3)nn2)CC1. The summed E-state index contributed by atoms with van der Waals surface area (Å²) in [6.07, 6.45) is 5.07. The van der Waals surface area contributed by atoms with Gasteiger partial charge in [-0.3, -0.25) is 14.6 Å². The first-order chi connectivity index (χ1) is 12.1. The number of para-hydroxylation sites is 1. The fourth-order valence-corrected chi connectivity index (χ4v) is 3.39. The lowest BCUT2D eigenvalue weighted by molar-refractivity contribution is -0.138. The van der Waals surface area contributed by atoms with Crippen molar-refractivity contribution in [3.05, 3.63) is 42.2 Å². The molecule has 134 valence electrons. The molecule has 1 aliphatic heterocycles. The van der Waals surface area contributed by atoms with Crippen LogP contribution in [-0.4, -0.2) is 68.6 Å². The summed E-state index contributed by atoms with van der Waals surface area (Å²) in [6.45, 7) is 2.85. The third kappa shape index (κ3) is 4.87. The molecule has 0 spiro atoms. The standard InChI is InChI=1S/C18H25N5O2/c1-21(14-18(24)25)16-8-5-10-22(11-9-16)12-15-13-23(20-19-15)17-6-3-2-4-7-17/h2-4,6-7,13,16H,5,8-12,14H2,1H3,(H,24,25). The number of likely N-dealkylation sites (N-methyl/N-ethyl adjacent to an activating group) is 1. The van der Waals surface area contributed by atoms with E-state index >= 15 is 0 Å². The number of benzene rings is 1. The second-order valence-corrected chi connectivity index (χ2v) is 6.66. The second-order valence-electron chi connectivity index (χ2n) is 6.66. The van der Waals surface area contributed by atoms with Crippen LogP contribution in [-0.2, 0) is 11.3 Å². The Morgan fingerprint density at radius 1 is 1.28 bits per heavy atom. The molecule has 1 unspecified atom stereocenters. The molecule has 2 aromatic rings. The third-order valence-electron chi connectivity index (χ3n) is 4.75. The first kappa shape index (κ1) is 17.6. The maximum Gasteiger partial charge on any atom is 0.317 e. The van der Waals surface area contributed by atoms with E-state index in [1.54, 1.807) is 4.68 Å². The quantitative estimate of drug-likeness (QED) is 0.859. The van der Waals surface area contributed by atoms with Crippen molar-refractivity contribution in [2.45, 2.75) is 31.8 Å². The van der Waals surface area contributed by atoms with Crippen molar-refractivity contribution in [2.75, 3.05) is 26.7 Å². The molecule has 0 amide bonds. The normalized spacial score (nSPS) is 19.0. The van der Waals surface area contributed by atoms with E-state index in [9.17, 15) is 4.79 Å². The van der Waals surface area contributed by atoms with Crippen LogP contribution in [0.2, 0.25) is 0 Å². The molecule has 1 atom stereocenters. The summed E-state index contributed by atoms with van der Waals surface area (Å²) in [5.74, 6) is -0.763. The van der Waals surface area contributed by atoms with E-state index in [0.29, 0.717) is 6.04 Å². The smallest absolute Gasteiger partial charge is 0.317 e. The van der Waals surface area contributed by atoms with Gasteiger partial charge < -0.3 is 5.11 Å². The van der Waals surface area contributed by atoms with Crippen LogP contribution in [0.3, 0.4) is 0 Å². The van der Waals surface area contributed by atoms with Crippen LogP contribution < -0.4 is 0 Å². The fraction of sp³-hybridized carbons (Fsp3) is 0.500. The molecule has 7 heteroatoms. The first-order valence-electron chi connectivity index (χ1n) is 8.73. The van der Waals surface area contributed by atoms with Crippen LogP contribution in [0.5, 0.6) is 0 Å². The summed E-state index contributed by atoms with van der Waals surface area (Å²) in [6, 6.07) is 10.3. The summed E-state index contributed by atoms with van der Waals surface area (Å²) in [7, 11) is 1.90. The molecule has 1 fully saturated rings. The number of hydrogen-bond acceptors (Lipinski definition) is 5. The lowest BCUT2D eigenvalue weighted by atomic mass is 10.1. The monoisotopic (exact) mass is 343 g/mol. The van der Waals surface area contributed by atoms with Crippen LogP contribution in [0.15, 0.2) is 36.5 Å². The Labute approximate surface area is 147 Å². The van der Waals surface area contributed by atoms with Gasteiger partial charge in [0.15, 0.2) is 0 Å². The molecule has 1 N–H and O–H groups in total. The molecule has 1 saturated heterocycles. The average Bonchev–Trinajstić information content (AvgIpc) is 2.93. The Balaban J connectivity index is 1.55. The Bertz CT molecular complexity index is 688. The number of carboxylic acid groups (broad SMARTS) is 1. The lowest BCUT2D eigenvalue weighted by Gasteiger charge is -2.25. The molecule has 0 aliphatic carbocycles. The first-order valence-corrected chi connectivity index (χ1v) is 8.73. The van der Waals surface area contributed by atoms with Gasteiger partial charge in [-0.25, -0.2) is 4.68 Å². The van der Waals surface area contributed by atoms with Gasteiger partial charge in [-0.1, -0.05) is 23.4 Å². The van der Waals surface area contributed by atoms with Gasteiger partial charge in [-0.05, 0) is 45.0 Å². The van der Waals surface area contributed by atoms with Crippen molar-refractivity contribution in [3.8, 4) is 5.69 Å². The molecule has 1 aliphatic rings. The molecule has 25 heavy (non-hydrogen) atoms. The van der Waals surface area contributed by atoms with Gasteiger partial charge in [0.1, 0.15) is 0 Å². The Kier molecular flexibility index (Phi) is 5.78.